The fourth-order valence-electron chi connectivity index (χ4n) is 2.71. The smallest absolute Gasteiger partial charge is 0.306 e. The van der Waals surface area contributed by atoms with Crippen LogP contribution in [0.2, 0.25) is 0 Å². The Morgan fingerprint density at radius 3 is 1.87 bits per heavy atom. The Morgan fingerprint density at radius 1 is 0.900 bits per heavy atom. The largest absolute Gasteiger partial charge is 0.398 e. The second-order valence-corrected chi connectivity index (χ2v) is 8.20. The minimum Gasteiger partial charge on any atom is -0.398 e. The Kier molecular flexibility index (Phi) is 7.92. The van der Waals surface area contributed by atoms with Gasteiger partial charge in [0, 0.05) is 47.3 Å². The summed E-state index contributed by atoms with van der Waals surface area (Å²) in [6.07, 6.45) is 0. The first kappa shape index (κ1) is 23.8. The summed E-state index contributed by atoms with van der Waals surface area (Å²) in [4.78, 5) is 24.3. The molecule has 3 rings (SSSR count). The predicted molar refractivity (Wildman–Crippen MR) is 120 cm³/mol. The number of nitro benzene ring substituents is 2. The average molecular weight is 550 g/mol. The van der Waals surface area contributed by atoms with Crippen molar-refractivity contribution in [1.82, 2.24) is 4.90 Å². The van der Waals surface area contributed by atoms with Crippen molar-refractivity contribution in [3.63, 3.8) is 0 Å². The minimum absolute atomic E-state index is 0.0697. The van der Waals surface area contributed by atoms with E-state index in [2.05, 4.69) is 36.8 Å². The summed E-state index contributed by atoms with van der Waals surface area (Å²) in [5, 5.41) is 21.3. The topological polar surface area (TPSA) is 145 Å². The number of hydrogen-bond donors (Lipinski definition) is 2. The highest BCUT2D eigenvalue weighted by molar-refractivity contribution is 9.11. The lowest BCUT2D eigenvalue weighted by Gasteiger charge is -2.33. The summed E-state index contributed by atoms with van der Waals surface area (Å²) in [5.74, 6) is -0.902. The van der Waals surface area contributed by atoms with Crippen LogP contribution >= 0.6 is 31.9 Å². The van der Waals surface area contributed by atoms with Gasteiger partial charge in [-0.15, -0.1) is 0 Å². The van der Waals surface area contributed by atoms with E-state index in [0.29, 0.717) is 20.3 Å². The van der Waals surface area contributed by atoms with Crippen LogP contribution in [0.25, 0.3) is 0 Å². The van der Waals surface area contributed by atoms with Crippen molar-refractivity contribution in [3.8, 4) is 0 Å². The fourth-order valence-corrected chi connectivity index (χ4v) is 3.35. The number of anilines is 3. The van der Waals surface area contributed by atoms with Gasteiger partial charge in [0.1, 0.15) is 5.69 Å². The first-order chi connectivity index (χ1) is 14.0. The molecule has 162 valence electrons. The molecule has 30 heavy (non-hydrogen) atoms. The maximum atomic E-state index is 12.8. The number of nitro groups is 2. The zero-order valence-corrected chi connectivity index (χ0v) is 19.0. The van der Waals surface area contributed by atoms with Gasteiger partial charge in [-0.05, 0) is 51.0 Å². The number of nitrogens with zero attached hydrogens (tertiary/aromatic N) is 4. The van der Waals surface area contributed by atoms with Crippen molar-refractivity contribution in [1.29, 1.82) is 0 Å². The molecule has 0 amide bonds. The van der Waals surface area contributed by atoms with Gasteiger partial charge >= 0.3 is 5.69 Å². The first-order valence-electron chi connectivity index (χ1n) is 8.57. The van der Waals surface area contributed by atoms with Crippen molar-refractivity contribution >= 4 is 60.3 Å². The number of nitrogen functional groups attached to an aromatic ring is 2. The number of hydrogen-bond acceptors (Lipinski definition) is 8. The van der Waals surface area contributed by atoms with Crippen molar-refractivity contribution in [2.45, 2.75) is 0 Å². The molecule has 0 spiro atoms. The van der Waals surface area contributed by atoms with Crippen LogP contribution in [-0.2, 0) is 0 Å². The maximum Gasteiger partial charge on any atom is 0.306 e. The highest BCUT2D eigenvalue weighted by atomic mass is 79.9. The third kappa shape index (κ3) is 5.77. The Morgan fingerprint density at radius 2 is 1.37 bits per heavy atom. The standard InChI is InChI=1S/C11H15BrN4O2.C6H4BrFN2O2/c1-14-2-4-15(5-3-14)10-6-8(12)9(13)7-11(10)16(17)18;7-3-1-4(8)6(10(11)12)2-5(3)9/h6-7H,2-5,13H2,1H3;1-2H,9H2. The monoisotopic (exact) mass is 548 g/mol. The summed E-state index contributed by atoms with van der Waals surface area (Å²) in [6.45, 7) is 3.37. The lowest BCUT2D eigenvalue weighted by Crippen LogP contribution is -2.44. The summed E-state index contributed by atoms with van der Waals surface area (Å²) in [6, 6.07) is 5.09. The van der Waals surface area contributed by atoms with E-state index in [-0.39, 0.29) is 16.3 Å². The molecule has 1 heterocycles. The van der Waals surface area contributed by atoms with Gasteiger partial charge in [0.15, 0.2) is 0 Å². The number of piperazine rings is 1. The number of likely N-dealkylation sites (N-methyl/N-ethyl adjacent to an activating group) is 1. The normalized spacial score (nSPS) is 14.1. The Hall–Kier alpha value is -2.51. The molecule has 2 aromatic rings. The van der Waals surface area contributed by atoms with Gasteiger partial charge in [0.05, 0.1) is 21.2 Å². The Balaban J connectivity index is 0.000000232. The molecular formula is C17H19Br2FN6O4. The van der Waals surface area contributed by atoms with E-state index in [4.69, 9.17) is 11.5 Å². The number of rotatable bonds is 3. The third-order valence-electron chi connectivity index (χ3n) is 4.40. The van der Waals surface area contributed by atoms with Crippen LogP contribution in [0.4, 0.5) is 32.8 Å². The van der Waals surface area contributed by atoms with E-state index < -0.39 is 16.4 Å². The average Bonchev–Trinajstić information content (AvgIpc) is 2.67. The van der Waals surface area contributed by atoms with E-state index in [1.54, 1.807) is 6.07 Å². The molecule has 1 saturated heterocycles. The van der Waals surface area contributed by atoms with Crippen molar-refractivity contribution in [3.05, 3.63) is 59.3 Å². The maximum absolute atomic E-state index is 12.8. The van der Waals surface area contributed by atoms with E-state index in [1.807, 2.05) is 11.9 Å². The molecule has 1 aliphatic rings. The van der Waals surface area contributed by atoms with Crippen LogP contribution < -0.4 is 16.4 Å². The second-order valence-electron chi connectivity index (χ2n) is 6.49. The van der Waals surface area contributed by atoms with E-state index in [9.17, 15) is 24.6 Å². The van der Waals surface area contributed by atoms with Gasteiger partial charge in [-0.25, -0.2) is 0 Å². The molecule has 0 aliphatic carbocycles. The first-order valence-corrected chi connectivity index (χ1v) is 10.2. The van der Waals surface area contributed by atoms with Gasteiger partial charge in [0.25, 0.3) is 5.69 Å². The zero-order valence-electron chi connectivity index (χ0n) is 15.8. The minimum atomic E-state index is -0.902. The van der Waals surface area contributed by atoms with Gasteiger partial charge in [-0.2, -0.15) is 4.39 Å². The summed E-state index contributed by atoms with van der Waals surface area (Å²) in [7, 11) is 2.05. The lowest BCUT2D eigenvalue weighted by molar-refractivity contribution is -0.387. The summed E-state index contributed by atoms with van der Waals surface area (Å²) < 4.78 is 13.8. The van der Waals surface area contributed by atoms with Gasteiger partial charge in [-0.3, -0.25) is 20.2 Å². The predicted octanol–water partition coefficient (Wildman–Crippen LogP) is 3.77. The van der Waals surface area contributed by atoms with Gasteiger partial charge in [0.2, 0.25) is 5.82 Å². The SMILES string of the molecule is CN1CCN(c2cc(Br)c(N)cc2[N+](=O)[O-])CC1.Nc1cc([N+](=O)[O-])c(F)cc1Br. The number of nitrogens with two attached hydrogens (primary N) is 2. The summed E-state index contributed by atoms with van der Waals surface area (Å²) >= 11 is 6.26. The Bertz CT molecular complexity index is 970. The van der Waals surface area contributed by atoms with Crippen LogP contribution in [0.15, 0.2) is 33.2 Å². The highest BCUT2D eigenvalue weighted by Crippen LogP contribution is 2.35. The van der Waals surface area contributed by atoms with Gasteiger partial charge < -0.3 is 21.3 Å². The molecule has 10 nitrogen and oxygen atoms in total. The second kappa shape index (κ2) is 10.00. The number of halogens is 3. The van der Waals surface area contributed by atoms with E-state index in [0.717, 1.165) is 38.3 Å². The van der Waals surface area contributed by atoms with Crippen LogP contribution in [0.3, 0.4) is 0 Å². The van der Waals surface area contributed by atoms with Crippen LogP contribution in [-0.4, -0.2) is 48.0 Å². The molecule has 1 fully saturated rings. The third-order valence-corrected chi connectivity index (χ3v) is 5.77. The fraction of sp³-hybridized carbons (Fsp3) is 0.294. The van der Waals surface area contributed by atoms with Crippen LogP contribution in [0.1, 0.15) is 0 Å². The molecule has 1 aliphatic heterocycles. The molecule has 0 aromatic heterocycles. The van der Waals surface area contributed by atoms with Crippen molar-refractivity contribution in [2.75, 3.05) is 49.6 Å². The van der Waals surface area contributed by atoms with E-state index in [1.165, 1.54) is 6.07 Å². The molecule has 0 bridgehead atoms. The van der Waals surface area contributed by atoms with Crippen LogP contribution in [0, 0.1) is 26.0 Å². The van der Waals surface area contributed by atoms with Crippen molar-refractivity contribution in [2.24, 2.45) is 0 Å². The highest BCUT2D eigenvalue weighted by Gasteiger charge is 2.24. The summed E-state index contributed by atoms with van der Waals surface area (Å²) in [5.41, 5.74) is 11.6. The quantitative estimate of drug-likeness (QED) is 0.334. The molecule has 0 saturated carbocycles. The zero-order chi connectivity index (χ0) is 22.6. The number of benzene rings is 2. The van der Waals surface area contributed by atoms with Crippen molar-refractivity contribution < 1.29 is 14.2 Å². The molecular weight excluding hydrogens is 531 g/mol. The Labute approximate surface area is 188 Å². The molecule has 0 radical (unpaired) electrons. The van der Waals surface area contributed by atoms with E-state index >= 15 is 0 Å². The lowest BCUT2D eigenvalue weighted by atomic mass is 10.2. The molecule has 13 heteroatoms. The molecule has 0 unspecified atom stereocenters. The molecule has 2 aromatic carbocycles. The molecule has 4 N–H and O–H groups in total. The molecule has 0 atom stereocenters. The van der Waals surface area contributed by atoms with Crippen LogP contribution in [0.5, 0.6) is 0 Å². The van der Waals surface area contributed by atoms with Gasteiger partial charge in [-0.1, -0.05) is 0 Å².